The van der Waals surface area contributed by atoms with E-state index in [0.29, 0.717) is 6.04 Å². The minimum absolute atomic E-state index is 0.401. The highest BCUT2D eigenvalue weighted by Crippen LogP contribution is 2.24. The summed E-state index contributed by atoms with van der Waals surface area (Å²) < 4.78 is 0. The molecule has 0 spiro atoms. The highest BCUT2D eigenvalue weighted by Gasteiger charge is 2.31. The molecule has 3 unspecified atom stereocenters. The predicted molar refractivity (Wildman–Crippen MR) is 71.7 cm³/mol. The van der Waals surface area contributed by atoms with Gasteiger partial charge in [0.05, 0.1) is 6.07 Å². The van der Waals surface area contributed by atoms with Crippen molar-refractivity contribution in [3.05, 3.63) is 0 Å². The van der Waals surface area contributed by atoms with Gasteiger partial charge in [0.15, 0.2) is 0 Å². The van der Waals surface area contributed by atoms with Gasteiger partial charge in [-0.05, 0) is 52.1 Å². The molecule has 0 aromatic rings. The van der Waals surface area contributed by atoms with E-state index >= 15 is 0 Å². The highest BCUT2D eigenvalue weighted by molar-refractivity contribution is 5.06. The van der Waals surface area contributed by atoms with E-state index in [0.717, 1.165) is 32.0 Å². The summed E-state index contributed by atoms with van der Waals surface area (Å²) in [4.78, 5) is 2.47. The molecule has 3 heteroatoms. The zero-order valence-corrected chi connectivity index (χ0v) is 11.8. The van der Waals surface area contributed by atoms with Gasteiger partial charge < -0.3 is 0 Å². The van der Waals surface area contributed by atoms with Crippen molar-refractivity contribution in [2.75, 3.05) is 19.6 Å². The molecule has 1 aliphatic heterocycles. The molecule has 0 aromatic carbocycles. The molecule has 0 aromatic heterocycles. The van der Waals surface area contributed by atoms with E-state index in [1.165, 1.54) is 12.8 Å². The molecule has 0 saturated carbocycles. The molecular formula is C14H27N3. The average molecular weight is 237 g/mol. The molecule has 1 fully saturated rings. The minimum Gasteiger partial charge on any atom is -0.299 e. The second-order valence-electron chi connectivity index (χ2n) is 5.70. The first-order valence-electron chi connectivity index (χ1n) is 6.92. The van der Waals surface area contributed by atoms with Crippen LogP contribution in [0.3, 0.4) is 0 Å². The number of hydrogen-bond acceptors (Lipinski definition) is 3. The fraction of sp³-hybridized carbons (Fsp3) is 0.929. The van der Waals surface area contributed by atoms with Crippen LogP contribution in [0.4, 0.5) is 0 Å². The van der Waals surface area contributed by atoms with Crippen LogP contribution < -0.4 is 5.32 Å². The van der Waals surface area contributed by atoms with Crippen LogP contribution in [-0.2, 0) is 0 Å². The molecule has 0 amide bonds. The summed E-state index contributed by atoms with van der Waals surface area (Å²) in [6, 6.07) is 3.04. The van der Waals surface area contributed by atoms with Crippen LogP contribution in [-0.4, -0.2) is 36.1 Å². The molecular weight excluding hydrogens is 210 g/mol. The van der Waals surface area contributed by atoms with E-state index in [4.69, 9.17) is 0 Å². The summed E-state index contributed by atoms with van der Waals surface area (Å²) in [5, 5.41) is 12.7. The molecule has 3 atom stereocenters. The van der Waals surface area contributed by atoms with Gasteiger partial charge in [0.2, 0.25) is 0 Å². The maximum absolute atomic E-state index is 9.36. The number of likely N-dealkylation sites (tertiary alicyclic amines) is 1. The van der Waals surface area contributed by atoms with Gasteiger partial charge in [-0.1, -0.05) is 13.8 Å². The monoisotopic (exact) mass is 237 g/mol. The van der Waals surface area contributed by atoms with Crippen molar-refractivity contribution in [1.82, 2.24) is 10.2 Å². The highest BCUT2D eigenvalue weighted by atomic mass is 15.2. The summed E-state index contributed by atoms with van der Waals surface area (Å²) in [5.74, 6) is 0.748. The van der Waals surface area contributed by atoms with Gasteiger partial charge in [0.25, 0.3) is 0 Å². The Kier molecular flexibility index (Phi) is 5.42. The number of rotatable bonds is 5. The number of nitrogens with zero attached hydrogens (tertiary/aromatic N) is 2. The van der Waals surface area contributed by atoms with Crippen molar-refractivity contribution in [3.63, 3.8) is 0 Å². The van der Waals surface area contributed by atoms with Crippen molar-refractivity contribution in [2.24, 2.45) is 5.92 Å². The van der Waals surface area contributed by atoms with Crippen molar-refractivity contribution >= 4 is 0 Å². The van der Waals surface area contributed by atoms with Gasteiger partial charge in [0, 0.05) is 12.6 Å². The summed E-state index contributed by atoms with van der Waals surface area (Å²) in [6.45, 7) is 11.7. The maximum atomic E-state index is 9.36. The zero-order chi connectivity index (χ0) is 12.9. The summed E-state index contributed by atoms with van der Waals surface area (Å²) in [7, 11) is 0. The SMILES string of the molecule is CCCNC(C)(C#N)CN1CCCC(C)C1C. The first kappa shape index (κ1) is 14.5. The van der Waals surface area contributed by atoms with E-state index in [1.807, 2.05) is 6.92 Å². The van der Waals surface area contributed by atoms with E-state index in [1.54, 1.807) is 0 Å². The van der Waals surface area contributed by atoms with Crippen LogP contribution in [0.25, 0.3) is 0 Å². The third kappa shape index (κ3) is 3.97. The van der Waals surface area contributed by atoms with E-state index < -0.39 is 5.54 Å². The lowest BCUT2D eigenvalue weighted by Crippen LogP contribution is -2.55. The number of nitriles is 1. The summed E-state index contributed by atoms with van der Waals surface area (Å²) >= 11 is 0. The van der Waals surface area contributed by atoms with Gasteiger partial charge in [-0.2, -0.15) is 5.26 Å². The lowest BCUT2D eigenvalue weighted by Gasteiger charge is -2.41. The van der Waals surface area contributed by atoms with E-state index in [9.17, 15) is 5.26 Å². The van der Waals surface area contributed by atoms with Crippen molar-refractivity contribution in [1.29, 1.82) is 5.26 Å². The first-order chi connectivity index (χ1) is 8.02. The van der Waals surface area contributed by atoms with Crippen LogP contribution in [0.2, 0.25) is 0 Å². The first-order valence-corrected chi connectivity index (χ1v) is 6.92. The third-order valence-electron chi connectivity index (χ3n) is 4.04. The van der Waals surface area contributed by atoms with Crippen LogP contribution in [0.1, 0.15) is 47.0 Å². The molecule has 0 aliphatic carbocycles. The molecule has 1 saturated heterocycles. The van der Waals surface area contributed by atoms with Gasteiger partial charge in [-0.3, -0.25) is 10.2 Å². The normalized spacial score (nSPS) is 29.6. The Hall–Kier alpha value is -0.590. The Labute approximate surface area is 106 Å². The summed E-state index contributed by atoms with van der Waals surface area (Å²) in [5.41, 5.74) is -0.401. The largest absolute Gasteiger partial charge is 0.299 e. The fourth-order valence-electron chi connectivity index (χ4n) is 2.58. The lowest BCUT2D eigenvalue weighted by molar-refractivity contribution is 0.0928. The van der Waals surface area contributed by atoms with Crippen LogP contribution in [0, 0.1) is 17.2 Å². The van der Waals surface area contributed by atoms with Gasteiger partial charge >= 0.3 is 0 Å². The molecule has 3 nitrogen and oxygen atoms in total. The topological polar surface area (TPSA) is 39.1 Å². The van der Waals surface area contributed by atoms with Crippen LogP contribution >= 0.6 is 0 Å². The van der Waals surface area contributed by atoms with Gasteiger partial charge in [0.1, 0.15) is 5.54 Å². The minimum atomic E-state index is -0.401. The third-order valence-corrected chi connectivity index (χ3v) is 4.04. The van der Waals surface area contributed by atoms with Gasteiger partial charge in [-0.15, -0.1) is 0 Å². The summed E-state index contributed by atoms with van der Waals surface area (Å²) in [6.07, 6.45) is 3.66. The standard InChI is InChI=1S/C14H27N3/c1-5-8-16-14(4,10-15)11-17-9-6-7-12(2)13(17)3/h12-13,16H,5-9,11H2,1-4H3. The molecule has 1 aliphatic rings. The van der Waals surface area contributed by atoms with E-state index in [2.05, 4.69) is 37.1 Å². The Morgan fingerprint density at radius 3 is 2.76 bits per heavy atom. The van der Waals surface area contributed by atoms with Crippen molar-refractivity contribution in [2.45, 2.75) is 58.5 Å². The Morgan fingerprint density at radius 2 is 2.18 bits per heavy atom. The number of nitrogens with one attached hydrogen (secondary N) is 1. The molecule has 98 valence electrons. The second-order valence-corrected chi connectivity index (χ2v) is 5.70. The quantitative estimate of drug-likeness (QED) is 0.798. The van der Waals surface area contributed by atoms with Crippen molar-refractivity contribution < 1.29 is 0 Å². The Bertz CT molecular complexity index is 271. The van der Waals surface area contributed by atoms with Gasteiger partial charge in [-0.25, -0.2) is 0 Å². The number of piperidine rings is 1. The predicted octanol–water partition coefficient (Wildman–Crippen LogP) is 2.39. The molecule has 0 bridgehead atoms. The average Bonchev–Trinajstić information content (AvgIpc) is 2.33. The Balaban J connectivity index is 2.58. The fourth-order valence-corrected chi connectivity index (χ4v) is 2.58. The molecule has 1 N–H and O–H groups in total. The molecule has 1 rings (SSSR count). The maximum Gasteiger partial charge on any atom is 0.116 e. The molecule has 0 radical (unpaired) electrons. The molecule has 17 heavy (non-hydrogen) atoms. The van der Waals surface area contributed by atoms with Crippen molar-refractivity contribution in [3.8, 4) is 6.07 Å². The zero-order valence-electron chi connectivity index (χ0n) is 11.8. The lowest BCUT2D eigenvalue weighted by atomic mass is 9.90. The smallest absolute Gasteiger partial charge is 0.116 e. The Morgan fingerprint density at radius 1 is 1.47 bits per heavy atom. The van der Waals surface area contributed by atoms with Crippen LogP contribution in [0.15, 0.2) is 0 Å². The van der Waals surface area contributed by atoms with Crippen LogP contribution in [0.5, 0.6) is 0 Å². The van der Waals surface area contributed by atoms with E-state index in [-0.39, 0.29) is 0 Å². The number of hydrogen-bond donors (Lipinski definition) is 1. The molecule has 1 heterocycles. The second kappa shape index (κ2) is 6.37.